The third-order valence-electron chi connectivity index (χ3n) is 4.25. The summed E-state index contributed by atoms with van der Waals surface area (Å²) in [7, 11) is -3.31. The number of anilines is 2. The Morgan fingerprint density at radius 2 is 2.04 bits per heavy atom. The summed E-state index contributed by atoms with van der Waals surface area (Å²) in [6.07, 6.45) is 7.96. The van der Waals surface area contributed by atoms with Crippen molar-refractivity contribution in [2.75, 3.05) is 22.3 Å². The highest BCUT2D eigenvalue weighted by Crippen LogP contribution is 2.21. The quantitative estimate of drug-likeness (QED) is 0.643. The minimum Gasteiger partial charge on any atom is -0.338 e. The van der Waals surface area contributed by atoms with Gasteiger partial charge in [0.15, 0.2) is 0 Å². The predicted octanol–water partition coefficient (Wildman–Crippen LogP) is 3.77. The van der Waals surface area contributed by atoms with Gasteiger partial charge in [0.25, 0.3) is 0 Å². The standard InChI is InChI=1S/C18H27N3O3S/c1-3-25(23,24)21-17-10-9-16(13-14(17)2)20-18(22)19-12-11-15-7-5-4-6-8-15/h7,9-10,13,21H,3-6,8,11-12H2,1-2H3,(H2,19,20,22). The number of aryl methyl sites for hydroxylation is 1. The average Bonchev–Trinajstić information content (AvgIpc) is 2.58. The molecule has 0 radical (unpaired) electrons. The van der Waals surface area contributed by atoms with Crippen molar-refractivity contribution in [1.82, 2.24) is 5.32 Å². The van der Waals surface area contributed by atoms with Gasteiger partial charge in [0.2, 0.25) is 10.0 Å². The molecule has 0 fully saturated rings. The molecule has 138 valence electrons. The molecular weight excluding hydrogens is 338 g/mol. The van der Waals surface area contributed by atoms with Crippen LogP contribution in [0.5, 0.6) is 0 Å². The lowest BCUT2D eigenvalue weighted by Crippen LogP contribution is -2.29. The number of carbonyl (C=O) groups is 1. The zero-order valence-electron chi connectivity index (χ0n) is 14.9. The maximum Gasteiger partial charge on any atom is 0.319 e. The highest BCUT2D eigenvalue weighted by Gasteiger charge is 2.10. The second-order valence-corrected chi connectivity index (χ2v) is 8.29. The van der Waals surface area contributed by atoms with Crippen LogP contribution >= 0.6 is 0 Å². The molecule has 0 aromatic heterocycles. The molecule has 0 saturated carbocycles. The Balaban J connectivity index is 1.84. The molecule has 6 nitrogen and oxygen atoms in total. The number of allylic oxidation sites excluding steroid dienone is 1. The highest BCUT2D eigenvalue weighted by atomic mass is 32.2. The van der Waals surface area contributed by atoms with E-state index in [0.29, 0.717) is 17.9 Å². The van der Waals surface area contributed by atoms with Crippen molar-refractivity contribution < 1.29 is 13.2 Å². The van der Waals surface area contributed by atoms with E-state index in [1.54, 1.807) is 32.0 Å². The molecule has 7 heteroatoms. The summed E-state index contributed by atoms with van der Waals surface area (Å²) in [5.74, 6) is 0.0191. The van der Waals surface area contributed by atoms with Gasteiger partial charge < -0.3 is 10.6 Å². The first-order valence-corrected chi connectivity index (χ1v) is 10.4. The van der Waals surface area contributed by atoms with Crippen LogP contribution in [0.15, 0.2) is 29.8 Å². The van der Waals surface area contributed by atoms with Crippen LogP contribution in [0.4, 0.5) is 16.2 Å². The Kier molecular flexibility index (Phi) is 6.87. The number of hydrogen-bond donors (Lipinski definition) is 3. The predicted molar refractivity (Wildman–Crippen MR) is 102 cm³/mol. The molecule has 3 N–H and O–H groups in total. The van der Waals surface area contributed by atoms with E-state index in [1.165, 1.54) is 18.4 Å². The number of urea groups is 1. The Labute approximate surface area is 150 Å². The molecule has 0 bridgehead atoms. The normalized spacial score (nSPS) is 14.6. The van der Waals surface area contributed by atoms with E-state index in [0.717, 1.165) is 24.8 Å². The second-order valence-electron chi connectivity index (χ2n) is 6.27. The summed E-state index contributed by atoms with van der Waals surface area (Å²) < 4.78 is 25.8. The van der Waals surface area contributed by atoms with Crippen LogP contribution in [-0.4, -0.2) is 26.7 Å². The largest absolute Gasteiger partial charge is 0.338 e. The lowest BCUT2D eigenvalue weighted by molar-refractivity contribution is 0.252. The topological polar surface area (TPSA) is 87.3 Å². The van der Waals surface area contributed by atoms with Gasteiger partial charge in [-0.2, -0.15) is 0 Å². The van der Waals surface area contributed by atoms with Gasteiger partial charge in [0, 0.05) is 12.2 Å². The molecule has 25 heavy (non-hydrogen) atoms. The number of amides is 2. The lowest BCUT2D eigenvalue weighted by Gasteiger charge is -2.14. The molecule has 0 atom stereocenters. The van der Waals surface area contributed by atoms with E-state index >= 15 is 0 Å². The van der Waals surface area contributed by atoms with Crippen LogP contribution in [0.3, 0.4) is 0 Å². The molecule has 0 unspecified atom stereocenters. The van der Waals surface area contributed by atoms with Crippen LogP contribution < -0.4 is 15.4 Å². The van der Waals surface area contributed by atoms with Crippen LogP contribution in [-0.2, 0) is 10.0 Å². The van der Waals surface area contributed by atoms with Crippen LogP contribution in [0.2, 0.25) is 0 Å². The van der Waals surface area contributed by atoms with E-state index in [-0.39, 0.29) is 11.8 Å². The monoisotopic (exact) mass is 365 g/mol. The fourth-order valence-corrected chi connectivity index (χ4v) is 3.45. The SMILES string of the molecule is CCS(=O)(=O)Nc1ccc(NC(=O)NCCC2=CCCCC2)cc1C. The fraction of sp³-hybridized carbons (Fsp3) is 0.500. The maximum absolute atomic E-state index is 12.0. The average molecular weight is 365 g/mol. The number of hydrogen-bond acceptors (Lipinski definition) is 3. The number of nitrogens with one attached hydrogen (secondary N) is 3. The second kappa shape index (κ2) is 8.89. The van der Waals surface area contributed by atoms with E-state index < -0.39 is 10.0 Å². The van der Waals surface area contributed by atoms with Gasteiger partial charge in [0.1, 0.15) is 0 Å². The van der Waals surface area contributed by atoms with E-state index in [2.05, 4.69) is 21.4 Å². The van der Waals surface area contributed by atoms with Crippen molar-refractivity contribution in [1.29, 1.82) is 0 Å². The van der Waals surface area contributed by atoms with Crippen molar-refractivity contribution in [3.63, 3.8) is 0 Å². The first kappa shape index (κ1) is 19.3. The molecule has 2 amide bonds. The van der Waals surface area contributed by atoms with Gasteiger partial charge in [-0.15, -0.1) is 0 Å². The first-order valence-electron chi connectivity index (χ1n) is 8.73. The van der Waals surface area contributed by atoms with Crippen LogP contribution in [0.1, 0.15) is 44.6 Å². The van der Waals surface area contributed by atoms with Crippen LogP contribution in [0.25, 0.3) is 0 Å². The van der Waals surface area contributed by atoms with Gasteiger partial charge in [-0.25, -0.2) is 13.2 Å². The molecule has 1 aliphatic rings. The van der Waals surface area contributed by atoms with Gasteiger partial charge in [-0.05, 0) is 69.7 Å². The van der Waals surface area contributed by atoms with E-state index in [9.17, 15) is 13.2 Å². The highest BCUT2D eigenvalue weighted by molar-refractivity contribution is 7.92. The number of carbonyl (C=O) groups excluding carboxylic acids is 1. The van der Waals surface area contributed by atoms with Gasteiger partial charge >= 0.3 is 6.03 Å². The summed E-state index contributed by atoms with van der Waals surface area (Å²) >= 11 is 0. The number of rotatable bonds is 7. The van der Waals surface area contributed by atoms with E-state index in [1.807, 2.05) is 0 Å². The van der Waals surface area contributed by atoms with Crippen molar-refractivity contribution in [3.05, 3.63) is 35.4 Å². The molecule has 2 rings (SSSR count). The summed E-state index contributed by atoms with van der Waals surface area (Å²) in [6, 6.07) is 4.84. The molecule has 0 aliphatic heterocycles. The number of sulfonamides is 1. The first-order chi connectivity index (χ1) is 11.9. The molecular formula is C18H27N3O3S. The maximum atomic E-state index is 12.0. The minimum absolute atomic E-state index is 0.0191. The summed E-state index contributed by atoms with van der Waals surface area (Å²) in [5, 5.41) is 5.64. The summed E-state index contributed by atoms with van der Waals surface area (Å²) in [5.41, 5.74) is 3.33. The van der Waals surface area contributed by atoms with Crippen molar-refractivity contribution in [3.8, 4) is 0 Å². The molecule has 1 aliphatic carbocycles. The molecule has 0 spiro atoms. The Hall–Kier alpha value is -2.02. The minimum atomic E-state index is -3.31. The summed E-state index contributed by atoms with van der Waals surface area (Å²) in [6.45, 7) is 4.00. The molecule has 0 saturated heterocycles. The molecule has 1 aromatic rings. The Bertz CT molecular complexity index is 742. The lowest BCUT2D eigenvalue weighted by atomic mass is 9.97. The number of benzene rings is 1. The van der Waals surface area contributed by atoms with Crippen molar-refractivity contribution in [2.24, 2.45) is 0 Å². The van der Waals surface area contributed by atoms with Crippen molar-refractivity contribution in [2.45, 2.75) is 46.0 Å². The van der Waals surface area contributed by atoms with Gasteiger partial charge in [-0.1, -0.05) is 11.6 Å². The summed E-state index contributed by atoms with van der Waals surface area (Å²) in [4.78, 5) is 12.0. The molecule has 1 aromatic carbocycles. The third kappa shape index (κ3) is 6.42. The smallest absolute Gasteiger partial charge is 0.319 e. The van der Waals surface area contributed by atoms with Crippen molar-refractivity contribution >= 4 is 27.4 Å². The molecule has 0 heterocycles. The van der Waals surface area contributed by atoms with E-state index in [4.69, 9.17) is 0 Å². The zero-order chi connectivity index (χ0) is 18.3. The Morgan fingerprint density at radius 1 is 1.24 bits per heavy atom. The fourth-order valence-electron chi connectivity index (χ4n) is 2.74. The van der Waals surface area contributed by atoms with Gasteiger partial charge in [-0.3, -0.25) is 4.72 Å². The Morgan fingerprint density at radius 3 is 2.68 bits per heavy atom. The van der Waals surface area contributed by atoms with Gasteiger partial charge in [0.05, 0.1) is 11.4 Å². The third-order valence-corrected chi connectivity index (χ3v) is 5.54. The zero-order valence-corrected chi connectivity index (χ0v) is 15.7. The van der Waals surface area contributed by atoms with Crippen LogP contribution in [0, 0.1) is 6.92 Å².